The minimum Gasteiger partial charge on any atom is -0.497 e. The van der Waals surface area contributed by atoms with Crippen LogP contribution in [0.4, 0.5) is 11.4 Å². The van der Waals surface area contributed by atoms with Gasteiger partial charge in [-0.1, -0.05) is 0 Å². The number of carbonyl (C=O) groups excluding carboxylic acids is 1. The van der Waals surface area contributed by atoms with Gasteiger partial charge >= 0.3 is 0 Å². The predicted molar refractivity (Wildman–Crippen MR) is 102 cm³/mol. The van der Waals surface area contributed by atoms with Gasteiger partial charge in [-0.2, -0.15) is 0 Å². The van der Waals surface area contributed by atoms with Crippen LogP contribution in [0.25, 0.3) is 0 Å². The lowest BCUT2D eigenvalue weighted by Crippen LogP contribution is -2.42. The Morgan fingerprint density at radius 3 is 2.15 bits per heavy atom. The zero-order chi connectivity index (χ0) is 19.2. The van der Waals surface area contributed by atoms with Crippen LogP contribution in [0.15, 0.2) is 48.5 Å². The molecule has 0 aromatic heterocycles. The van der Waals surface area contributed by atoms with Crippen LogP contribution in [-0.2, 0) is 14.8 Å². The summed E-state index contributed by atoms with van der Waals surface area (Å²) in [7, 11) is -0.696. The molecule has 0 bridgehead atoms. The molecule has 1 saturated carbocycles. The number of nitrogens with zero attached hydrogens (tertiary/aromatic N) is 1. The third-order valence-corrected chi connectivity index (χ3v) is 7.82. The molecule has 7 nitrogen and oxygen atoms in total. The molecule has 2 fully saturated rings. The van der Waals surface area contributed by atoms with Gasteiger partial charge in [0.2, 0.25) is 15.9 Å². The van der Waals surface area contributed by atoms with Crippen molar-refractivity contribution in [3.8, 4) is 11.5 Å². The monoisotopic (exact) mass is 388 g/mol. The fourth-order valence-electron chi connectivity index (χ4n) is 3.63. The van der Waals surface area contributed by atoms with E-state index in [4.69, 9.17) is 9.47 Å². The van der Waals surface area contributed by atoms with Gasteiger partial charge < -0.3 is 14.8 Å². The average molecular weight is 388 g/mol. The molecule has 8 heteroatoms. The van der Waals surface area contributed by atoms with Gasteiger partial charge in [0.1, 0.15) is 11.5 Å². The van der Waals surface area contributed by atoms with Crippen LogP contribution in [0.2, 0.25) is 0 Å². The molecule has 0 radical (unpaired) electrons. The minimum absolute atomic E-state index is 0.206. The molecule has 1 aliphatic heterocycles. The number of fused-ring (bicyclic) bond motifs is 1. The zero-order valence-electron chi connectivity index (χ0n) is 15.0. The first-order chi connectivity index (χ1) is 12.9. The Labute approximate surface area is 157 Å². The number of amides is 1. The lowest BCUT2D eigenvalue weighted by molar-refractivity contribution is -0.116. The van der Waals surface area contributed by atoms with E-state index in [-0.39, 0.29) is 5.92 Å². The second-order valence-corrected chi connectivity index (χ2v) is 8.83. The highest BCUT2D eigenvalue weighted by Gasteiger charge is 2.75. The molecule has 1 heterocycles. The molecule has 142 valence electrons. The molecule has 1 saturated heterocycles. The lowest BCUT2D eigenvalue weighted by Gasteiger charge is -2.23. The van der Waals surface area contributed by atoms with Crippen molar-refractivity contribution < 1.29 is 22.7 Å². The van der Waals surface area contributed by atoms with Crippen LogP contribution in [0.3, 0.4) is 0 Å². The van der Waals surface area contributed by atoms with Crippen molar-refractivity contribution in [3.63, 3.8) is 0 Å². The van der Waals surface area contributed by atoms with Crippen molar-refractivity contribution in [1.29, 1.82) is 0 Å². The van der Waals surface area contributed by atoms with E-state index in [2.05, 4.69) is 5.32 Å². The predicted octanol–water partition coefficient (Wildman–Crippen LogP) is 2.25. The van der Waals surface area contributed by atoms with Crippen LogP contribution in [0, 0.1) is 5.92 Å². The minimum atomic E-state index is -3.80. The normalized spacial score (nSPS) is 24.8. The molecule has 1 N–H and O–H groups in total. The van der Waals surface area contributed by atoms with Gasteiger partial charge in [-0.25, -0.2) is 8.42 Å². The molecule has 2 aliphatic rings. The largest absolute Gasteiger partial charge is 0.497 e. The van der Waals surface area contributed by atoms with Crippen molar-refractivity contribution in [1.82, 2.24) is 0 Å². The van der Waals surface area contributed by atoms with Crippen molar-refractivity contribution >= 4 is 27.3 Å². The van der Waals surface area contributed by atoms with Gasteiger partial charge in [0.25, 0.3) is 0 Å². The Kier molecular flexibility index (Phi) is 4.03. The first kappa shape index (κ1) is 17.7. The second-order valence-electron chi connectivity index (χ2n) is 6.71. The van der Waals surface area contributed by atoms with E-state index in [1.54, 1.807) is 62.8 Å². The maximum absolute atomic E-state index is 13.2. The third kappa shape index (κ3) is 2.63. The Bertz CT molecular complexity index is 972. The van der Waals surface area contributed by atoms with Crippen molar-refractivity contribution in [2.24, 2.45) is 5.92 Å². The summed E-state index contributed by atoms with van der Waals surface area (Å²) in [6.07, 6.45) is 0.351. The number of ether oxygens (including phenoxy) is 2. The topological polar surface area (TPSA) is 84.9 Å². The van der Waals surface area contributed by atoms with E-state index in [9.17, 15) is 13.2 Å². The number of benzene rings is 2. The fourth-order valence-corrected chi connectivity index (χ4v) is 5.99. The Hall–Kier alpha value is -2.74. The number of carbonyl (C=O) groups is 1. The second kappa shape index (κ2) is 6.16. The number of nitrogens with one attached hydrogen (secondary N) is 1. The highest BCUT2D eigenvalue weighted by Crippen LogP contribution is 2.58. The van der Waals surface area contributed by atoms with E-state index in [1.807, 2.05) is 0 Å². The van der Waals surface area contributed by atoms with Crippen LogP contribution in [-0.4, -0.2) is 39.8 Å². The number of methoxy groups -OCH3 is 2. The molecule has 2 aromatic rings. The summed E-state index contributed by atoms with van der Waals surface area (Å²) in [4.78, 5) is 12.9. The summed E-state index contributed by atoms with van der Waals surface area (Å²) >= 11 is 0. The summed E-state index contributed by atoms with van der Waals surface area (Å²) in [5.41, 5.74) is 1.08. The Morgan fingerprint density at radius 1 is 1.04 bits per heavy atom. The molecular formula is C19H20N2O5S. The summed E-state index contributed by atoms with van der Waals surface area (Å²) in [5.74, 6) is 0.624. The number of hydrogen-bond donors (Lipinski definition) is 1. The Morgan fingerprint density at radius 2 is 1.59 bits per heavy atom. The van der Waals surface area contributed by atoms with Crippen LogP contribution < -0.4 is 19.1 Å². The van der Waals surface area contributed by atoms with E-state index >= 15 is 0 Å². The first-order valence-corrected chi connectivity index (χ1v) is 9.98. The van der Waals surface area contributed by atoms with Crippen LogP contribution in [0.1, 0.15) is 6.42 Å². The number of sulfonamides is 1. The van der Waals surface area contributed by atoms with Crippen LogP contribution in [0.5, 0.6) is 11.5 Å². The standard InChI is InChI=1S/C19H20N2O5S/c1-25-16-7-3-14(4-8-16)20-18(22)19-11-13(19)12-21(27(19,23)24)15-5-9-17(26-2)10-6-15/h3-10,13H,11-12H2,1-2H3,(H,20,22)/t13-,19+/m0/s1. The maximum atomic E-state index is 13.2. The van der Waals surface area contributed by atoms with E-state index in [1.165, 1.54) is 4.31 Å². The molecule has 1 aliphatic carbocycles. The first-order valence-electron chi connectivity index (χ1n) is 8.54. The molecule has 1 amide bonds. The van der Waals surface area contributed by atoms with Crippen molar-refractivity contribution in [2.45, 2.75) is 11.2 Å². The molecule has 2 aromatic carbocycles. The van der Waals surface area contributed by atoms with E-state index in [0.717, 1.165) is 0 Å². The van der Waals surface area contributed by atoms with Gasteiger partial charge in [-0.05, 0) is 55.0 Å². The highest BCUT2D eigenvalue weighted by atomic mass is 32.2. The van der Waals surface area contributed by atoms with Crippen LogP contribution >= 0.6 is 0 Å². The molecule has 0 spiro atoms. The summed E-state index contributed by atoms with van der Waals surface area (Å²) in [6.45, 7) is 0.310. The third-order valence-electron chi connectivity index (χ3n) is 5.28. The quantitative estimate of drug-likeness (QED) is 0.849. The molecular weight excluding hydrogens is 368 g/mol. The molecule has 27 heavy (non-hydrogen) atoms. The van der Waals surface area contributed by atoms with Gasteiger partial charge in [0, 0.05) is 18.2 Å². The molecule has 2 atom stereocenters. The van der Waals surface area contributed by atoms with Crippen molar-refractivity contribution in [2.75, 3.05) is 30.4 Å². The highest BCUT2D eigenvalue weighted by molar-refractivity contribution is 7.95. The van der Waals surface area contributed by atoms with Gasteiger partial charge in [0.05, 0.1) is 19.9 Å². The SMILES string of the molecule is COc1ccc(NC(=O)[C@@]23C[C@H]2CN(c2ccc(OC)cc2)S3(=O)=O)cc1. The summed E-state index contributed by atoms with van der Waals surface area (Å²) in [5, 5.41) is 2.74. The number of rotatable bonds is 5. The van der Waals surface area contributed by atoms with Gasteiger partial charge in [-0.15, -0.1) is 0 Å². The smallest absolute Gasteiger partial charge is 0.250 e. The Balaban J connectivity index is 1.57. The van der Waals surface area contributed by atoms with Gasteiger partial charge in [0.15, 0.2) is 4.75 Å². The zero-order valence-corrected chi connectivity index (χ0v) is 15.8. The maximum Gasteiger partial charge on any atom is 0.250 e. The average Bonchev–Trinajstić information content (AvgIpc) is 3.38. The summed E-state index contributed by atoms with van der Waals surface area (Å²) < 4.78 is 36.5. The number of anilines is 2. The molecule has 4 rings (SSSR count). The van der Waals surface area contributed by atoms with E-state index in [0.29, 0.717) is 35.8 Å². The van der Waals surface area contributed by atoms with Gasteiger partial charge in [-0.3, -0.25) is 9.10 Å². The number of hydrogen-bond acceptors (Lipinski definition) is 5. The summed E-state index contributed by atoms with van der Waals surface area (Å²) in [6, 6.07) is 13.6. The lowest BCUT2D eigenvalue weighted by atomic mass is 10.2. The van der Waals surface area contributed by atoms with E-state index < -0.39 is 20.7 Å². The fraction of sp³-hybridized carbons (Fsp3) is 0.316. The van der Waals surface area contributed by atoms with Crippen molar-refractivity contribution in [3.05, 3.63) is 48.5 Å². The molecule has 0 unspecified atom stereocenters.